The lowest BCUT2D eigenvalue weighted by atomic mass is 10.0. The lowest BCUT2D eigenvalue weighted by Crippen LogP contribution is -2.46. The van der Waals surface area contributed by atoms with Crippen molar-refractivity contribution in [2.45, 2.75) is 58.7 Å². The molecule has 0 aliphatic heterocycles. The van der Waals surface area contributed by atoms with Crippen molar-refractivity contribution in [2.24, 2.45) is 17.6 Å². The summed E-state index contributed by atoms with van der Waals surface area (Å²) in [5.41, 5.74) is 5.56. The van der Waals surface area contributed by atoms with Gasteiger partial charge in [0.25, 0.3) is 0 Å². The number of rotatable bonds is 6. The Morgan fingerprint density at radius 1 is 1.50 bits per heavy atom. The van der Waals surface area contributed by atoms with E-state index in [0.717, 1.165) is 19.3 Å². The molecule has 0 radical (unpaired) electrons. The minimum atomic E-state index is -0.419. The first-order valence-corrected chi connectivity index (χ1v) is 7.04. The molecule has 1 amide bonds. The van der Waals surface area contributed by atoms with Crippen molar-refractivity contribution in [1.29, 1.82) is 0 Å². The number of carbonyl (C=O) groups is 1. The molecule has 0 spiro atoms. The molecule has 3 N–H and O–H groups in total. The summed E-state index contributed by atoms with van der Waals surface area (Å²) in [5.74, 6) is 1.06. The maximum atomic E-state index is 11.9. The maximum absolute atomic E-state index is 11.9. The average molecular weight is 256 g/mol. The molecular weight excluding hydrogens is 228 g/mol. The molecule has 1 aliphatic carbocycles. The first-order chi connectivity index (χ1) is 8.38. The summed E-state index contributed by atoms with van der Waals surface area (Å²) in [5, 5.41) is 2.90. The Morgan fingerprint density at radius 2 is 2.17 bits per heavy atom. The van der Waals surface area contributed by atoms with Crippen molar-refractivity contribution in [2.75, 3.05) is 13.1 Å². The highest BCUT2D eigenvalue weighted by Crippen LogP contribution is 2.37. The predicted octanol–water partition coefficient (Wildman–Crippen LogP) is 1.68. The molecular formula is C14H28N2O2. The van der Waals surface area contributed by atoms with Gasteiger partial charge >= 0.3 is 0 Å². The molecule has 3 atom stereocenters. The topological polar surface area (TPSA) is 64.3 Å². The summed E-state index contributed by atoms with van der Waals surface area (Å²) in [4.78, 5) is 11.9. The van der Waals surface area contributed by atoms with E-state index in [1.54, 1.807) is 0 Å². The first kappa shape index (κ1) is 15.4. The van der Waals surface area contributed by atoms with Crippen LogP contribution in [0.4, 0.5) is 0 Å². The quantitative estimate of drug-likeness (QED) is 0.760. The maximum Gasteiger partial charge on any atom is 0.248 e. The molecule has 1 aliphatic rings. The number of ether oxygens (including phenoxy) is 1. The Bertz CT molecular complexity index is 281. The van der Waals surface area contributed by atoms with Crippen LogP contribution in [0.15, 0.2) is 0 Å². The van der Waals surface area contributed by atoms with E-state index >= 15 is 0 Å². The number of hydrogen-bond acceptors (Lipinski definition) is 3. The van der Waals surface area contributed by atoms with Gasteiger partial charge in [0.2, 0.25) is 5.91 Å². The van der Waals surface area contributed by atoms with Crippen LogP contribution in [0.3, 0.4) is 0 Å². The Balaban J connectivity index is 2.47. The van der Waals surface area contributed by atoms with Crippen molar-refractivity contribution < 1.29 is 9.53 Å². The zero-order chi connectivity index (χ0) is 13.8. The van der Waals surface area contributed by atoms with Gasteiger partial charge in [-0.2, -0.15) is 0 Å². The van der Waals surface area contributed by atoms with E-state index < -0.39 is 6.10 Å². The zero-order valence-electron chi connectivity index (χ0n) is 12.2. The number of amides is 1. The first-order valence-electron chi connectivity index (χ1n) is 7.04. The fraction of sp³-hybridized carbons (Fsp3) is 0.929. The highest BCUT2D eigenvalue weighted by atomic mass is 16.5. The van der Waals surface area contributed by atoms with Crippen LogP contribution < -0.4 is 11.1 Å². The summed E-state index contributed by atoms with van der Waals surface area (Å²) in [6.07, 6.45) is 2.65. The third kappa shape index (κ3) is 4.25. The van der Waals surface area contributed by atoms with Crippen LogP contribution in [0.2, 0.25) is 0 Å². The molecule has 0 saturated heterocycles. The molecule has 1 fully saturated rings. The Morgan fingerprint density at radius 3 is 2.61 bits per heavy atom. The van der Waals surface area contributed by atoms with Gasteiger partial charge < -0.3 is 15.8 Å². The Labute approximate surface area is 111 Å². The van der Waals surface area contributed by atoms with E-state index in [0.29, 0.717) is 24.9 Å². The molecule has 0 aromatic heterocycles. The molecule has 106 valence electrons. The van der Waals surface area contributed by atoms with Gasteiger partial charge in [-0.3, -0.25) is 4.79 Å². The van der Waals surface area contributed by atoms with Crippen molar-refractivity contribution in [3.8, 4) is 0 Å². The van der Waals surface area contributed by atoms with Gasteiger partial charge in [-0.05, 0) is 38.0 Å². The lowest BCUT2D eigenvalue weighted by Gasteiger charge is -2.31. The van der Waals surface area contributed by atoms with Gasteiger partial charge in [-0.25, -0.2) is 0 Å². The van der Waals surface area contributed by atoms with E-state index in [4.69, 9.17) is 10.5 Å². The van der Waals surface area contributed by atoms with Gasteiger partial charge in [-0.1, -0.05) is 20.8 Å². The highest BCUT2D eigenvalue weighted by molar-refractivity contribution is 5.80. The highest BCUT2D eigenvalue weighted by Gasteiger charge is 2.39. The molecule has 4 nitrogen and oxygen atoms in total. The van der Waals surface area contributed by atoms with E-state index in [1.807, 2.05) is 6.92 Å². The van der Waals surface area contributed by atoms with Crippen molar-refractivity contribution >= 4 is 5.91 Å². The summed E-state index contributed by atoms with van der Waals surface area (Å²) in [6, 6.07) is 0. The minimum absolute atomic E-state index is 0.0314. The normalized spacial score (nSPS) is 29.6. The van der Waals surface area contributed by atoms with Gasteiger partial charge in [0.1, 0.15) is 6.10 Å². The van der Waals surface area contributed by atoms with Crippen LogP contribution >= 0.6 is 0 Å². The zero-order valence-corrected chi connectivity index (χ0v) is 12.2. The van der Waals surface area contributed by atoms with Gasteiger partial charge in [0.05, 0.1) is 5.60 Å². The van der Waals surface area contributed by atoms with Crippen LogP contribution in [0, 0.1) is 11.8 Å². The van der Waals surface area contributed by atoms with E-state index in [2.05, 4.69) is 26.1 Å². The second-order valence-electron chi connectivity index (χ2n) is 6.13. The van der Waals surface area contributed by atoms with E-state index in [9.17, 15) is 4.79 Å². The van der Waals surface area contributed by atoms with Crippen LogP contribution in [-0.2, 0) is 9.53 Å². The molecule has 1 rings (SSSR count). The number of carbonyl (C=O) groups excluding carboxylic acids is 1. The van der Waals surface area contributed by atoms with Crippen molar-refractivity contribution in [3.63, 3.8) is 0 Å². The van der Waals surface area contributed by atoms with Gasteiger partial charge in [0.15, 0.2) is 0 Å². The summed E-state index contributed by atoms with van der Waals surface area (Å²) >= 11 is 0. The fourth-order valence-electron chi connectivity index (χ4n) is 2.57. The van der Waals surface area contributed by atoms with E-state index in [-0.39, 0.29) is 11.5 Å². The van der Waals surface area contributed by atoms with Crippen LogP contribution in [-0.4, -0.2) is 30.7 Å². The molecule has 18 heavy (non-hydrogen) atoms. The largest absolute Gasteiger partial charge is 0.361 e. The van der Waals surface area contributed by atoms with Gasteiger partial charge in [0, 0.05) is 13.1 Å². The number of nitrogens with two attached hydrogens (primary N) is 1. The van der Waals surface area contributed by atoms with Crippen LogP contribution in [0.5, 0.6) is 0 Å². The number of hydrogen-bond donors (Lipinski definition) is 2. The third-order valence-electron chi connectivity index (χ3n) is 3.67. The Hall–Kier alpha value is -0.610. The minimum Gasteiger partial charge on any atom is -0.361 e. The molecule has 4 heteroatoms. The molecule has 0 bridgehead atoms. The predicted molar refractivity (Wildman–Crippen MR) is 73.2 cm³/mol. The second kappa shape index (κ2) is 6.53. The van der Waals surface area contributed by atoms with Gasteiger partial charge in [-0.15, -0.1) is 0 Å². The SMILES string of the molecule is CC(C)CNC(=O)C(C)OC1(CN)CCC(C)C1. The fourth-order valence-corrected chi connectivity index (χ4v) is 2.57. The second-order valence-corrected chi connectivity index (χ2v) is 6.13. The van der Waals surface area contributed by atoms with E-state index in [1.165, 1.54) is 0 Å². The molecule has 3 unspecified atom stereocenters. The molecule has 0 aromatic rings. The standard InChI is InChI=1S/C14H28N2O2/c1-10(2)8-16-13(17)12(4)18-14(9-15)6-5-11(3)7-14/h10-12H,5-9,15H2,1-4H3,(H,16,17). The third-order valence-corrected chi connectivity index (χ3v) is 3.67. The number of nitrogens with one attached hydrogen (secondary N) is 1. The van der Waals surface area contributed by atoms with Crippen LogP contribution in [0.1, 0.15) is 47.0 Å². The molecule has 1 saturated carbocycles. The molecule has 0 heterocycles. The smallest absolute Gasteiger partial charge is 0.248 e. The summed E-state index contributed by atoms with van der Waals surface area (Å²) in [6.45, 7) is 9.37. The van der Waals surface area contributed by atoms with Crippen molar-refractivity contribution in [1.82, 2.24) is 5.32 Å². The monoisotopic (exact) mass is 256 g/mol. The molecule has 0 aromatic carbocycles. The Kier molecular flexibility index (Phi) is 5.60. The van der Waals surface area contributed by atoms with Crippen molar-refractivity contribution in [3.05, 3.63) is 0 Å². The summed E-state index contributed by atoms with van der Waals surface area (Å²) < 4.78 is 5.98. The average Bonchev–Trinajstić information content (AvgIpc) is 2.68. The lowest BCUT2D eigenvalue weighted by molar-refractivity contribution is -0.144. The summed E-state index contributed by atoms with van der Waals surface area (Å²) in [7, 11) is 0. The van der Waals surface area contributed by atoms with Crippen LogP contribution in [0.25, 0.3) is 0 Å².